The van der Waals surface area contributed by atoms with Crippen molar-refractivity contribution in [3.63, 3.8) is 0 Å². The highest BCUT2D eigenvalue weighted by molar-refractivity contribution is 6.03. The van der Waals surface area contributed by atoms with Crippen molar-refractivity contribution in [3.8, 4) is 0 Å². The second-order valence-electron chi connectivity index (χ2n) is 7.24. The minimum absolute atomic E-state index is 0.0585. The summed E-state index contributed by atoms with van der Waals surface area (Å²) in [5, 5.41) is 2.31. The van der Waals surface area contributed by atoms with Crippen molar-refractivity contribution in [2.45, 2.75) is 26.7 Å². The van der Waals surface area contributed by atoms with Gasteiger partial charge in [-0.15, -0.1) is 0 Å². The first kappa shape index (κ1) is 18.1. The summed E-state index contributed by atoms with van der Waals surface area (Å²) in [6.45, 7) is 5.13. The fourth-order valence-electron chi connectivity index (χ4n) is 2.84. The van der Waals surface area contributed by atoms with Crippen molar-refractivity contribution in [1.82, 2.24) is 10.2 Å². The Balaban J connectivity index is 1.99. The number of benzene rings is 1. The predicted octanol–water partition coefficient (Wildman–Crippen LogP) is 0.949. The van der Waals surface area contributed by atoms with Crippen LogP contribution in [-0.4, -0.2) is 42.8 Å². The van der Waals surface area contributed by atoms with E-state index in [1.165, 1.54) is 0 Å². The molecule has 1 unspecified atom stereocenters. The molecule has 1 aliphatic heterocycles. The smallest absolute Gasteiger partial charge is 0.253 e. The Labute approximate surface area is 142 Å². The van der Waals surface area contributed by atoms with Gasteiger partial charge in [0, 0.05) is 25.6 Å². The highest BCUT2D eigenvalue weighted by Gasteiger charge is 2.30. The lowest BCUT2D eigenvalue weighted by Gasteiger charge is -2.29. The van der Waals surface area contributed by atoms with Gasteiger partial charge in [-0.2, -0.15) is 0 Å². The number of nitrogens with zero attached hydrogens (tertiary/aromatic N) is 1. The molecule has 2 rings (SSSR count). The van der Waals surface area contributed by atoms with Crippen LogP contribution in [0, 0.1) is 11.3 Å². The molecule has 130 valence electrons. The summed E-state index contributed by atoms with van der Waals surface area (Å²) in [6, 6.07) is 7.20. The van der Waals surface area contributed by atoms with Crippen LogP contribution in [0.5, 0.6) is 0 Å². The standard InChI is InChI=1S/C18H25N3O3/c1-18(2,10-19)11-21(3)17(24)13-6-4-12(5-7-13)8-14-9-15(22)20-16(14)23/h4-7,14H,8-11,19H2,1-3H3,(H,20,22,23). The molecular weight excluding hydrogens is 306 g/mol. The normalized spacial score (nSPS) is 17.8. The average molecular weight is 331 g/mol. The molecule has 0 aromatic heterocycles. The van der Waals surface area contributed by atoms with Crippen LogP contribution in [-0.2, 0) is 16.0 Å². The molecule has 0 radical (unpaired) electrons. The molecule has 3 N–H and O–H groups in total. The van der Waals surface area contributed by atoms with Gasteiger partial charge in [0.1, 0.15) is 0 Å². The second kappa shape index (κ2) is 7.13. The van der Waals surface area contributed by atoms with Gasteiger partial charge < -0.3 is 10.6 Å². The van der Waals surface area contributed by atoms with Crippen LogP contribution in [0.4, 0.5) is 0 Å². The van der Waals surface area contributed by atoms with E-state index < -0.39 is 0 Å². The minimum atomic E-state index is -0.313. The Morgan fingerprint density at radius 2 is 1.92 bits per heavy atom. The van der Waals surface area contributed by atoms with E-state index in [1.807, 2.05) is 26.0 Å². The van der Waals surface area contributed by atoms with Gasteiger partial charge in [0.2, 0.25) is 11.8 Å². The Morgan fingerprint density at radius 1 is 1.29 bits per heavy atom. The predicted molar refractivity (Wildman–Crippen MR) is 91.2 cm³/mol. The third-order valence-corrected chi connectivity index (χ3v) is 4.31. The molecule has 0 spiro atoms. The summed E-state index contributed by atoms with van der Waals surface area (Å²) < 4.78 is 0. The van der Waals surface area contributed by atoms with Crippen molar-refractivity contribution < 1.29 is 14.4 Å². The van der Waals surface area contributed by atoms with Gasteiger partial charge >= 0.3 is 0 Å². The van der Waals surface area contributed by atoms with Crippen molar-refractivity contribution in [1.29, 1.82) is 0 Å². The van der Waals surface area contributed by atoms with Crippen LogP contribution in [0.15, 0.2) is 24.3 Å². The lowest BCUT2D eigenvalue weighted by molar-refractivity contribution is -0.125. The number of rotatable bonds is 6. The molecule has 3 amide bonds. The van der Waals surface area contributed by atoms with Gasteiger partial charge in [0.25, 0.3) is 5.91 Å². The third-order valence-electron chi connectivity index (χ3n) is 4.31. The zero-order valence-corrected chi connectivity index (χ0v) is 14.5. The van der Waals surface area contributed by atoms with Crippen LogP contribution >= 0.6 is 0 Å². The molecule has 1 aliphatic rings. The van der Waals surface area contributed by atoms with Gasteiger partial charge in [-0.05, 0) is 36.1 Å². The lowest BCUT2D eigenvalue weighted by Crippen LogP contribution is -2.39. The quantitative estimate of drug-likeness (QED) is 0.759. The van der Waals surface area contributed by atoms with E-state index in [0.29, 0.717) is 25.1 Å². The average Bonchev–Trinajstić information content (AvgIpc) is 2.84. The van der Waals surface area contributed by atoms with E-state index in [0.717, 1.165) is 5.56 Å². The van der Waals surface area contributed by atoms with Crippen molar-refractivity contribution >= 4 is 17.7 Å². The monoisotopic (exact) mass is 331 g/mol. The topological polar surface area (TPSA) is 92.5 Å². The molecule has 6 nitrogen and oxygen atoms in total. The Hall–Kier alpha value is -2.21. The number of amides is 3. The summed E-state index contributed by atoms with van der Waals surface area (Å²) >= 11 is 0. The maximum atomic E-state index is 12.5. The molecule has 1 atom stereocenters. The molecule has 1 heterocycles. The van der Waals surface area contributed by atoms with E-state index >= 15 is 0 Å². The molecule has 6 heteroatoms. The zero-order chi connectivity index (χ0) is 17.9. The van der Waals surface area contributed by atoms with Crippen LogP contribution in [0.2, 0.25) is 0 Å². The molecular formula is C18H25N3O3. The zero-order valence-electron chi connectivity index (χ0n) is 14.5. The molecule has 1 fully saturated rings. The minimum Gasteiger partial charge on any atom is -0.341 e. The molecule has 0 bridgehead atoms. The highest BCUT2D eigenvalue weighted by Crippen LogP contribution is 2.19. The van der Waals surface area contributed by atoms with E-state index in [-0.39, 0.29) is 35.5 Å². The van der Waals surface area contributed by atoms with E-state index in [4.69, 9.17) is 5.73 Å². The largest absolute Gasteiger partial charge is 0.341 e. The summed E-state index contributed by atoms with van der Waals surface area (Å²) in [7, 11) is 1.77. The maximum Gasteiger partial charge on any atom is 0.253 e. The van der Waals surface area contributed by atoms with Gasteiger partial charge in [0.05, 0.1) is 5.92 Å². The van der Waals surface area contributed by atoms with Gasteiger partial charge in [-0.25, -0.2) is 0 Å². The first-order valence-corrected chi connectivity index (χ1v) is 8.10. The first-order chi connectivity index (χ1) is 11.2. The van der Waals surface area contributed by atoms with Crippen molar-refractivity contribution in [2.75, 3.05) is 20.1 Å². The fourth-order valence-corrected chi connectivity index (χ4v) is 2.84. The molecule has 1 aromatic carbocycles. The number of imide groups is 1. The molecule has 24 heavy (non-hydrogen) atoms. The van der Waals surface area contributed by atoms with E-state index in [1.54, 1.807) is 24.1 Å². The van der Waals surface area contributed by atoms with Crippen molar-refractivity contribution in [2.24, 2.45) is 17.1 Å². The molecule has 1 aromatic rings. The Kier molecular flexibility index (Phi) is 5.39. The number of nitrogens with one attached hydrogen (secondary N) is 1. The molecule has 0 saturated carbocycles. The van der Waals surface area contributed by atoms with Crippen LogP contribution in [0.25, 0.3) is 0 Å². The van der Waals surface area contributed by atoms with E-state index in [2.05, 4.69) is 5.32 Å². The van der Waals surface area contributed by atoms with Crippen LogP contribution < -0.4 is 11.1 Å². The van der Waals surface area contributed by atoms with E-state index in [9.17, 15) is 14.4 Å². The van der Waals surface area contributed by atoms with Crippen molar-refractivity contribution in [3.05, 3.63) is 35.4 Å². The summed E-state index contributed by atoms with van der Waals surface area (Å²) in [4.78, 5) is 37.0. The fraction of sp³-hybridized carbons (Fsp3) is 0.500. The van der Waals surface area contributed by atoms with Gasteiger partial charge in [-0.3, -0.25) is 19.7 Å². The van der Waals surface area contributed by atoms with Gasteiger partial charge in [-0.1, -0.05) is 26.0 Å². The van der Waals surface area contributed by atoms with Gasteiger partial charge in [0.15, 0.2) is 0 Å². The van der Waals surface area contributed by atoms with Crippen LogP contribution in [0.1, 0.15) is 36.2 Å². The van der Waals surface area contributed by atoms with Crippen LogP contribution in [0.3, 0.4) is 0 Å². The Morgan fingerprint density at radius 3 is 2.42 bits per heavy atom. The number of nitrogens with two attached hydrogens (primary N) is 1. The number of hydrogen-bond acceptors (Lipinski definition) is 4. The Bertz CT molecular complexity index is 637. The first-order valence-electron chi connectivity index (χ1n) is 8.10. The second-order valence-corrected chi connectivity index (χ2v) is 7.24. The number of carbonyl (C=O) groups excluding carboxylic acids is 3. The lowest BCUT2D eigenvalue weighted by atomic mass is 9.93. The summed E-state index contributed by atoms with van der Waals surface area (Å²) in [6.07, 6.45) is 0.735. The summed E-state index contributed by atoms with van der Waals surface area (Å²) in [5.74, 6) is -0.811. The molecule has 1 saturated heterocycles. The highest BCUT2D eigenvalue weighted by atomic mass is 16.2. The third kappa shape index (κ3) is 4.41. The SMILES string of the molecule is CN(CC(C)(C)CN)C(=O)c1ccc(CC2CC(=O)NC2=O)cc1. The summed E-state index contributed by atoms with van der Waals surface area (Å²) in [5.41, 5.74) is 7.12. The number of hydrogen-bond donors (Lipinski definition) is 2. The molecule has 0 aliphatic carbocycles. The maximum absolute atomic E-state index is 12.5. The number of carbonyl (C=O) groups is 3.